The lowest BCUT2D eigenvalue weighted by molar-refractivity contribution is -0.150. The molecule has 1 saturated heterocycles. The lowest BCUT2D eigenvalue weighted by atomic mass is 9.91. The molecule has 1 aromatic carbocycles. The van der Waals surface area contributed by atoms with E-state index in [-0.39, 0.29) is 12.5 Å². The predicted molar refractivity (Wildman–Crippen MR) is 116 cm³/mol. The fourth-order valence-corrected chi connectivity index (χ4v) is 3.94. The molecule has 1 aromatic rings. The molecule has 1 aliphatic carbocycles. The molecule has 2 aliphatic rings. The lowest BCUT2D eigenvalue weighted by Crippen LogP contribution is -2.45. The van der Waals surface area contributed by atoms with Gasteiger partial charge in [-0.3, -0.25) is 9.69 Å². The summed E-state index contributed by atoms with van der Waals surface area (Å²) in [5, 5.41) is 0.606. The van der Waals surface area contributed by atoms with Crippen LogP contribution in [0.2, 0.25) is 5.02 Å². The summed E-state index contributed by atoms with van der Waals surface area (Å²) in [6.45, 7) is 6.17. The van der Waals surface area contributed by atoms with Crippen LogP contribution in [0.15, 0.2) is 35.5 Å². The van der Waals surface area contributed by atoms with Crippen molar-refractivity contribution in [1.29, 1.82) is 0 Å². The number of allylic oxidation sites excluding steroid dienone is 1. The van der Waals surface area contributed by atoms with Gasteiger partial charge in [-0.1, -0.05) is 23.7 Å². The highest BCUT2D eigenvalue weighted by Gasteiger charge is 2.40. The molecule has 1 fully saturated rings. The molecular weight excluding hydrogens is 420 g/mol. The van der Waals surface area contributed by atoms with Crippen molar-refractivity contribution < 1.29 is 23.9 Å². The number of carbonyl (C=O) groups excluding carboxylic acids is 3. The SMILES string of the molecule is COC(=O)[C@@H]1CCCN1C(=O)C1=C(N(Cc2ccc(Cl)cc2)C(=O)OC(C)(C)C)CC1. The molecule has 0 spiro atoms. The first-order chi connectivity index (χ1) is 14.6. The van der Waals surface area contributed by atoms with Crippen LogP contribution < -0.4 is 0 Å². The Bertz CT molecular complexity index is 888. The van der Waals surface area contributed by atoms with Crippen molar-refractivity contribution in [2.45, 2.75) is 64.6 Å². The molecule has 168 valence electrons. The normalized spacial score (nSPS) is 18.5. The molecule has 1 atom stereocenters. The molecule has 0 N–H and O–H groups in total. The number of likely N-dealkylation sites (tertiary alicyclic amines) is 1. The van der Waals surface area contributed by atoms with E-state index in [0.717, 1.165) is 12.0 Å². The van der Waals surface area contributed by atoms with Crippen molar-refractivity contribution in [3.05, 3.63) is 46.1 Å². The average molecular weight is 449 g/mol. The average Bonchev–Trinajstić information content (AvgIpc) is 3.16. The van der Waals surface area contributed by atoms with Gasteiger partial charge >= 0.3 is 12.1 Å². The third kappa shape index (κ3) is 5.39. The monoisotopic (exact) mass is 448 g/mol. The highest BCUT2D eigenvalue weighted by Crippen LogP contribution is 2.36. The van der Waals surface area contributed by atoms with Crippen molar-refractivity contribution in [1.82, 2.24) is 9.80 Å². The van der Waals surface area contributed by atoms with E-state index in [1.165, 1.54) is 12.0 Å². The number of hydrogen-bond donors (Lipinski definition) is 0. The number of carbonyl (C=O) groups is 3. The van der Waals surface area contributed by atoms with E-state index in [0.29, 0.717) is 42.1 Å². The molecule has 31 heavy (non-hydrogen) atoms. The summed E-state index contributed by atoms with van der Waals surface area (Å²) < 4.78 is 10.5. The summed E-state index contributed by atoms with van der Waals surface area (Å²) in [6.07, 6.45) is 1.97. The summed E-state index contributed by atoms with van der Waals surface area (Å²) >= 11 is 5.98. The number of methoxy groups -OCH3 is 1. The topological polar surface area (TPSA) is 76.2 Å². The number of esters is 1. The molecule has 1 heterocycles. The van der Waals surface area contributed by atoms with Crippen molar-refractivity contribution >= 4 is 29.6 Å². The van der Waals surface area contributed by atoms with Gasteiger partial charge in [0.05, 0.1) is 13.7 Å². The zero-order valence-corrected chi connectivity index (χ0v) is 19.2. The first-order valence-electron chi connectivity index (χ1n) is 10.5. The van der Waals surface area contributed by atoms with Gasteiger partial charge in [-0.25, -0.2) is 9.59 Å². The molecule has 7 nitrogen and oxygen atoms in total. The standard InChI is InChI=1S/C23H29ClN2O5/c1-23(2,3)31-22(29)26(14-15-7-9-16(24)10-8-15)18-12-11-17(18)20(27)25-13-5-6-19(25)21(28)30-4/h7-10,19H,5-6,11-14H2,1-4H3/t19-/m0/s1. The summed E-state index contributed by atoms with van der Waals surface area (Å²) in [5.41, 5.74) is 1.39. The lowest BCUT2D eigenvalue weighted by Gasteiger charge is -2.36. The van der Waals surface area contributed by atoms with Crippen LogP contribution in [0.4, 0.5) is 4.79 Å². The van der Waals surface area contributed by atoms with Crippen LogP contribution in [0.25, 0.3) is 0 Å². The Morgan fingerprint density at radius 1 is 1.16 bits per heavy atom. The van der Waals surface area contributed by atoms with Gasteiger partial charge < -0.3 is 14.4 Å². The maximum atomic E-state index is 13.2. The Labute approximate surface area is 187 Å². The number of ether oxygens (including phenoxy) is 2. The molecule has 8 heteroatoms. The number of nitrogens with zero attached hydrogens (tertiary/aromatic N) is 2. The van der Waals surface area contributed by atoms with Crippen LogP contribution in [0.5, 0.6) is 0 Å². The molecular formula is C23H29ClN2O5. The van der Waals surface area contributed by atoms with Crippen molar-refractivity contribution in [3.63, 3.8) is 0 Å². The quantitative estimate of drug-likeness (QED) is 0.628. The highest BCUT2D eigenvalue weighted by molar-refractivity contribution is 6.30. The second-order valence-corrected chi connectivity index (χ2v) is 9.23. The third-order valence-electron chi connectivity index (χ3n) is 5.40. The van der Waals surface area contributed by atoms with Crippen molar-refractivity contribution in [3.8, 4) is 0 Å². The minimum atomic E-state index is -0.672. The number of amides is 2. The maximum Gasteiger partial charge on any atom is 0.414 e. The summed E-state index contributed by atoms with van der Waals surface area (Å²) in [4.78, 5) is 41.4. The van der Waals surface area contributed by atoms with Gasteiger partial charge in [0.15, 0.2) is 0 Å². The van der Waals surface area contributed by atoms with Crippen LogP contribution >= 0.6 is 11.6 Å². The van der Waals surface area contributed by atoms with E-state index in [9.17, 15) is 14.4 Å². The Hall–Kier alpha value is -2.54. The van der Waals surface area contributed by atoms with Gasteiger partial charge in [0.1, 0.15) is 11.6 Å². The van der Waals surface area contributed by atoms with Gasteiger partial charge in [-0.05, 0) is 64.2 Å². The third-order valence-corrected chi connectivity index (χ3v) is 5.65. The molecule has 0 bridgehead atoms. The van der Waals surface area contributed by atoms with E-state index < -0.39 is 23.7 Å². The van der Waals surface area contributed by atoms with Crippen LogP contribution in [0.1, 0.15) is 52.0 Å². The van der Waals surface area contributed by atoms with Gasteiger partial charge in [-0.2, -0.15) is 0 Å². The summed E-state index contributed by atoms with van der Waals surface area (Å²) in [7, 11) is 1.33. The summed E-state index contributed by atoms with van der Waals surface area (Å²) in [5.74, 6) is -0.615. The zero-order chi connectivity index (χ0) is 22.8. The van der Waals surface area contributed by atoms with E-state index in [1.807, 2.05) is 12.1 Å². The Morgan fingerprint density at radius 3 is 2.39 bits per heavy atom. The van der Waals surface area contributed by atoms with E-state index in [4.69, 9.17) is 21.1 Å². The van der Waals surface area contributed by atoms with Gasteiger partial charge in [0.25, 0.3) is 5.91 Å². The smallest absolute Gasteiger partial charge is 0.414 e. The first kappa shape index (κ1) is 23.1. The molecule has 3 rings (SSSR count). The second kappa shape index (κ2) is 9.30. The molecule has 1 aliphatic heterocycles. The molecule has 0 unspecified atom stereocenters. The maximum absolute atomic E-state index is 13.2. The molecule has 0 radical (unpaired) electrons. The minimum absolute atomic E-state index is 0.209. The number of halogens is 1. The molecule has 2 amide bonds. The van der Waals surface area contributed by atoms with Gasteiger partial charge in [-0.15, -0.1) is 0 Å². The van der Waals surface area contributed by atoms with Gasteiger partial charge in [0, 0.05) is 22.8 Å². The number of rotatable bonds is 5. The van der Waals surface area contributed by atoms with E-state index in [1.54, 1.807) is 37.8 Å². The summed E-state index contributed by atoms with van der Waals surface area (Å²) in [6, 6.07) is 6.63. The van der Waals surface area contributed by atoms with Crippen LogP contribution in [-0.2, 0) is 25.6 Å². The second-order valence-electron chi connectivity index (χ2n) is 8.80. The largest absolute Gasteiger partial charge is 0.467 e. The highest BCUT2D eigenvalue weighted by atomic mass is 35.5. The van der Waals surface area contributed by atoms with Crippen LogP contribution in [0.3, 0.4) is 0 Å². The van der Waals surface area contributed by atoms with E-state index >= 15 is 0 Å². The zero-order valence-electron chi connectivity index (χ0n) is 18.4. The Morgan fingerprint density at radius 2 is 1.84 bits per heavy atom. The number of benzene rings is 1. The number of hydrogen-bond acceptors (Lipinski definition) is 5. The predicted octanol–water partition coefficient (Wildman–Crippen LogP) is 4.29. The molecule has 0 saturated carbocycles. The Balaban J connectivity index is 1.89. The fourth-order valence-electron chi connectivity index (χ4n) is 3.81. The van der Waals surface area contributed by atoms with Crippen molar-refractivity contribution in [2.75, 3.05) is 13.7 Å². The minimum Gasteiger partial charge on any atom is -0.467 e. The molecule has 0 aromatic heterocycles. The van der Waals surface area contributed by atoms with Crippen molar-refractivity contribution in [2.24, 2.45) is 0 Å². The fraction of sp³-hybridized carbons (Fsp3) is 0.522. The van der Waals surface area contributed by atoms with E-state index in [2.05, 4.69) is 0 Å². The van der Waals surface area contributed by atoms with Crippen LogP contribution in [0, 0.1) is 0 Å². The van der Waals surface area contributed by atoms with Crippen LogP contribution in [-0.4, -0.2) is 53.1 Å². The first-order valence-corrected chi connectivity index (χ1v) is 10.8. The van der Waals surface area contributed by atoms with Gasteiger partial charge in [0.2, 0.25) is 0 Å². The Kier molecular flexibility index (Phi) is 6.94.